The summed E-state index contributed by atoms with van der Waals surface area (Å²) in [5.74, 6) is 0.650. The Balaban J connectivity index is 2.04. The van der Waals surface area contributed by atoms with Gasteiger partial charge in [-0.15, -0.1) is 0 Å². The van der Waals surface area contributed by atoms with Gasteiger partial charge in [0.2, 0.25) is 0 Å². The molecule has 1 aliphatic carbocycles. The summed E-state index contributed by atoms with van der Waals surface area (Å²) < 4.78 is 40.1. The lowest BCUT2D eigenvalue weighted by Crippen LogP contribution is -2.34. The molecule has 0 aromatic carbocycles. The number of rotatable bonds is 7. The van der Waals surface area contributed by atoms with Crippen molar-refractivity contribution < 1.29 is 17.9 Å². The first-order valence-corrected chi connectivity index (χ1v) is 6.89. The van der Waals surface area contributed by atoms with Crippen molar-refractivity contribution in [2.45, 2.75) is 57.7 Å². The molecule has 1 N–H and O–H groups in total. The van der Waals surface area contributed by atoms with Gasteiger partial charge in [0.1, 0.15) is 6.61 Å². The summed E-state index contributed by atoms with van der Waals surface area (Å²) in [5, 5.41) is 3.46. The molecule has 0 radical (unpaired) electrons. The van der Waals surface area contributed by atoms with E-state index >= 15 is 0 Å². The van der Waals surface area contributed by atoms with Crippen molar-refractivity contribution in [3.63, 3.8) is 0 Å². The molecule has 1 rings (SSSR count). The molecule has 0 spiro atoms. The van der Waals surface area contributed by atoms with Crippen LogP contribution in [0.5, 0.6) is 0 Å². The highest BCUT2D eigenvalue weighted by molar-refractivity contribution is 4.77. The average molecular weight is 267 g/mol. The molecule has 0 aromatic rings. The minimum absolute atomic E-state index is 0.224. The molecule has 2 atom stereocenters. The van der Waals surface area contributed by atoms with E-state index in [4.69, 9.17) is 0 Å². The lowest BCUT2D eigenvalue weighted by molar-refractivity contribution is -0.174. The Hall–Kier alpha value is -0.290. The van der Waals surface area contributed by atoms with Crippen molar-refractivity contribution in [3.05, 3.63) is 0 Å². The third-order valence-corrected chi connectivity index (χ3v) is 3.44. The standard InChI is InChI=1S/C13H24F3NO/c1-2-17-12-7-3-5-11(9-12)6-4-8-18-10-13(14,15)16/h11-12,17H,2-10H2,1H3. The minimum Gasteiger partial charge on any atom is -0.372 e. The third-order valence-electron chi connectivity index (χ3n) is 3.44. The SMILES string of the molecule is CCNC1CCCC(CCCOCC(F)(F)F)C1. The molecule has 1 fully saturated rings. The van der Waals surface area contributed by atoms with E-state index in [9.17, 15) is 13.2 Å². The lowest BCUT2D eigenvalue weighted by atomic mass is 9.83. The minimum atomic E-state index is -4.19. The smallest absolute Gasteiger partial charge is 0.372 e. The summed E-state index contributed by atoms with van der Waals surface area (Å²) in [5.41, 5.74) is 0. The molecule has 0 saturated heterocycles. The second kappa shape index (κ2) is 8.00. The monoisotopic (exact) mass is 267 g/mol. The van der Waals surface area contributed by atoms with Gasteiger partial charge in [-0.2, -0.15) is 13.2 Å². The lowest BCUT2D eigenvalue weighted by Gasteiger charge is -2.29. The van der Waals surface area contributed by atoms with Gasteiger partial charge in [0, 0.05) is 12.6 Å². The van der Waals surface area contributed by atoms with Crippen molar-refractivity contribution in [2.24, 2.45) is 5.92 Å². The molecular formula is C13H24F3NO. The molecule has 5 heteroatoms. The van der Waals surface area contributed by atoms with E-state index in [1.54, 1.807) is 0 Å². The zero-order valence-corrected chi connectivity index (χ0v) is 11.1. The van der Waals surface area contributed by atoms with Crippen LogP contribution in [0.25, 0.3) is 0 Å². The Labute approximate surface area is 107 Å². The maximum absolute atomic E-state index is 11.8. The van der Waals surface area contributed by atoms with Crippen molar-refractivity contribution in [3.8, 4) is 0 Å². The van der Waals surface area contributed by atoms with E-state index in [-0.39, 0.29) is 6.61 Å². The first-order chi connectivity index (χ1) is 8.51. The topological polar surface area (TPSA) is 21.3 Å². The molecule has 1 saturated carbocycles. The van der Waals surface area contributed by atoms with Gasteiger partial charge in [-0.25, -0.2) is 0 Å². The van der Waals surface area contributed by atoms with E-state index in [1.807, 2.05) is 0 Å². The van der Waals surface area contributed by atoms with Crippen LogP contribution >= 0.6 is 0 Å². The highest BCUT2D eigenvalue weighted by Crippen LogP contribution is 2.27. The Morgan fingerprint density at radius 1 is 1.28 bits per heavy atom. The van der Waals surface area contributed by atoms with Crippen LogP contribution in [-0.2, 0) is 4.74 Å². The van der Waals surface area contributed by atoms with Gasteiger partial charge in [0.05, 0.1) is 0 Å². The summed E-state index contributed by atoms with van der Waals surface area (Å²) in [4.78, 5) is 0. The Morgan fingerprint density at radius 2 is 2.06 bits per heavy atom. The van der Waals surface area contributed by atoms with Crippen LogP contribution in [0.15, 0.2) is 0 Å². The number of halogens is 3. The molecule has 0 heterocycles. The summed E-state index contributed by atoms with van der Waals surface area (Å²) in [6.45, 7) is 2.21. The quantitative estimate of drug-likeness (QED) is 0.713. The highest BCUT2D eigenvalue weighted by Gasteiger charge is 2.27. The maximum Gasteiger partial charge on any atom is 0.411 e. The van der Waals surface area contributed by atoms with Crippen LogP contribution in [0.1, 0.15) is 45.4 Å². The maximum atomic E-state index is 11.8. The summed E-state index contributed by atoms with van der Waals surface area (Å²) in [7, 11) is 0. The Morgan fingerprint density at radius 3 is 2.72 bits per heavy atom. The van der Waals surface area contributed by atoms with Gasteiger partial charge in [-0.05, 0) is 38.1 Å². The van der Waals surface area contributed by atoms with E-state index in [1.165, 1.54) is 19.3 Å². The number of nitrogens with one attached hydrogen (secondary N) is 1. The molecular weight excluding hydrogens is 243 g/mol. The Bertz CT molecular complexity index is 219. The van der Waals surface area contributed by atoms with Gasteiger partial charge in [-0.3, -0.25) is 0 Å². The summed E-state index contributed by atoms with van der Waals surface area (Å²) in [6, 6.07) is 0.602. The first-order valence-electron chi connectivity index (χ1n) is 6.89. The molecule has 0 bridgehead atoms. The van der Waals surface area contributed by atoms with Gasteiger partial charge >= 0.3 is 6.18 Å². The predicted molar refractivity (Wildman–Crippen MR) is 65.5 cm³/mol. The second-order valence-electron chi connectivity index (χ2n) is 5.10. The number of hydrogen-bond donors (Lipinski definition) is 1. The van der Waals surface area contributed by atoms with Crippen LogP contribution in [0.2, 0.25) is 0 Å². The highest BCUT2D eigenvalue weighted by atomic mass is 19.4. The van der Waals surface area contributed by atoms with Crippen molar-refractivity contribution in [1.29, 1.82) is 0 Å². The van der Waals surface area contributed by atoms with E-state index in [0.29, 0.717) is 12.0 Å². The van der Waals surface area contributed by atoms with Crippen LogP contribution < -0.4 is 5.32 Å². The zero-order chi connectivity index (χ0) is 13.4. The third kappa shape index (κ3) is 7.21. The fourth-order valence-corrected chi connectivity index (χ4v) is 2.69. The van der Waals surface area contributed by atoms with Crippen LogP contribution in [-0.4, -0.2) is 32.0 Å². The van der Waals surface area contributed by atoms with Crippen molar-refractivity contribution >= 4 is 0 Å². The summed E-state index contributed by atoms with van der Waals surface area (Å²) >= 11 is 0. The van der Waals surface area contributed by atoms with Crippen molar-refractivity contribution in [1.82, 2.24) is 5.32 Å². The predicted octanol–water partition coefficient (Wildman–Crippen LogP) is 3.51. The normalized spacial score (nSPS) is 25.3. The average Bonchev–Trinajstić information content (AvgIpc) is 2.28. The molecule has 0 aliphatic heterocycles. The number of hydrogen-bond acceptors (Lipinski definition) is 2. The molecule has 18 heavy (non-hydrogen) atoms. The van der Waals surface area contributed by atoms with Gasteiger partial charge < -0.3 is 10.1 Å². The van der Waals surface area contributed by atoms with E-state index in [0.717, 1.165) is 25.8 Å². The van der Waals surface area contributed by atoms with E-state index in [2.05, 4.69) is 17.0 Å². The molecule has 1 aliphatic rings. The molecule has 0 aromatic heterocycles. The molecule has 2 unspecified atom stereocenters. The van der Waals surface area contributed by atoms with Crippen LogP contribution in [0, 0.1) is 5.92 Å². The van der Waals surface area contributed by atoms with Gasteiger partial charge in [0.15, 0.2) is 0 Å². The van der Waals surface area contributed by atoms with E-state index < -0.39 is 12.8 Å². The second-order valence-corrected chi connectivity index (χ2v) is 5.10. The fraction of sp³-hybridized carbons (Fsp3) is 1.00. The van der Waals surface area contributed by atoms with Crippen LogP contribution in [0.3, 0.4) is 0 Å². The van der Waals surface area contributed by atoms with Gasteiger partial charge in [0.25, 0.3) is 0 Å². The number of alkyl halides is 3. The van der Waals surface area contributed by atoms with Crippen LogP contribution in [0.4, 0.5) is 13.2 Å². The zero-order valence-electron chi connectivity index (χ0n) is 11.1. The number of ether oxygens (including phenoxy) is 1. The molecule has 0 amide bonds. The van der Waals surface area contributed by atoms with Crippen molar-refractivity contribution in [2.75, 3.05) is 19.8 Å². The fourth-order valence-electron chi connectivity index (χ4n) is 2.69. The largest absolute Gasteiger partial charge is 0.411 e. The molecule has 108 valence electrons. The molecule has 2 nitrogen and oxygen atoms in total. The van der Waals surface area contributed by atoms with Gasteiger partial charge in [-0.1, -0.05) is 19.8 Å². The Kier molecular flexibility index (Phi) is 7.00. The summed E-state index contributed by atoms with van der Waals surface area (Å²) in [6.07, 6.45) is 2.36. The first kappa shape index (κ1) is 15.8.